The molecule has 0 spiro atoms. The van der Waals surface area contributed by atoms with E-state index < -0.39 is 0 Å². The number of allylic oxidation sites excluding steroid dienone is 1. The fourth-order valence-corrected chi connectivity index (χ4v) is 1.82. The maximum atomic E-state index is 2.28. The Kier molecular flexibility index (Phi) is 1.04. The molecule has 12 heavy (non-hydrogen) atoms. The summed E-state index contributed by atoms with van der Waals surface area (Å²) in [6, 6.07) is 4.25. The quantitative estimate of drug-likeness (QED) is 0.560. The molecule has 0 atom stereocenters. The van der Waals surface area contributed by atoms with Crippen LogP contribution in [0.25, 0.3) is 6.08 Å². The molecule has 0 unspecified atom stereocenters. The summed E-state index contributed by atoms with van der Waals surface area (Å²) >= 11 is 0. The summed E-state index contributed by atoms with van der Waals surface area (Å²) in [6.45, 7) is 0.977. The van der Waals surface area contributed by atoms with Crippen LogP contribution in [0.5, 0.6) is 0 Å². The second kappa shape index (κ2) is 2.03. The van der Waals surface area contributed by atoms with Crippen molar-refractivity contribution in [2.75, 3.05) is 0 Å². The van der Waals surface area contributed by atoms with E-state index in [0.29, 0.717) is 0 Å². The molecule has 0 amide bonds. The van der Waals surface area contributed by atoms with Gasteiger partial charge in [0.05, 0.1) is 6.67 Å². The monoisotopic (exact) mass is 158 g/mol. The molecule has 3 rings (SSSR count). The largest absolute Gasteiger partial charge is 0.333 e. The molecule has 0 N–H and O–H groups in total. The van der Waals surface area contributed by atoms with Gasteiger partial charge in [0.1, 0.15) is 0 Å². The van der Waals surface area contributed by atoms with Gasteiger partial charge in [0, 0.05) is 30.2 Å². The Labute approximate surface area is 71.4 Å². The Balaban J connectivity index is 2.13. The number of hydrogen-bond donors (Lipinski definition) is 0. The van der Waals surface area contributed by atoms with Gasteiger partial charge in [0.2, 0.25) is 0 Å². The number of aromatic nitrogens is 1. The third-order valence-corrected chi connectivity index (χ3v) is 2.47. The van der Waals surface area contributed by atoms with Gasteiger partial charge in [-0.05, 0) is 18.2 Å². The number of fused-ring (bicyclic) bond motifs is 2. The van der Waals surface area contributed by atoms with Crippen LogP contribution >= 0.6 is 0 Å². The first-order valence-corrected chi connectivity index (χ1v) is 4.22. The lowest BCUT2D eigenvalue weighted by Gasteiger charge is -2.24. The van der Waals surface area contributed by atoms with E-state index in [-0.39, 0.29) is 0 Å². The van der Waals surface area contributed by atoms with E-state index >= 15 is 0 Å². The van der Waals surface area contributed by atoms with Gasteiger partial charge < -0.3 is 9.47 Å². The van der Waals surface area contributed by atoms with Crippen molar-refractivity contribution in [1.29, 1.82) is 0 Å². The summed E-state index contributed by atoms with van der Waals surface area (Å²) in [5.41, 5.74) is 2.74. The third-order valence-electron chi connectivity index (χ3n) is 2.47. The predicted molar refractivity (Wildman–Crippen MR) is 48.0 cm³/mol. The zero-order valence-corrected chi connectivity index (χ0v) is 6.77. The zero-order chi connectivity index (χ0) is 7.97. The highest BCUT2D eigenvalue weighted by atomic mass is 15.3. The van der Waals surface area contributed by atoms with Crippen molar-refractivity contribution in [3.05, 3.63) is 42.0 Å². The lowest BCUT2D eigenvalue weighted by atomic mass is 10.2. The molecule has 2 heteroatoms. The molecule has 0 saturated carbocycles. The van der Waals surface area contributed by atoms with Crippen LogP contribution in [0.3, 0.4) is 0 Å². The Morgan fingerprint density at radius 1 is 1.33 bits per heavy atom. The molecule has 0 fully saturated rings. The minimum Gasteiger partial charge on any atom is -0.333 e. The Morgan fingerprint density at radius 2 is 2.33 bits per heavy atom. The van der Waals surface area contributed by atoms with Gasteiger partial charge in [-0.1, -0.05) is 6.08 Å². The van der Waals surface area contributed by atoms with E-state index in [0.717, 1.165) is 13.1 Å². The molecule has 1 aromatic heterocycles. The minimum absolute atomic E-state index is 0.977. The van der Waals surface area contributed by atoms with Crippen LogP contribution in [-0.4, -0.2) is 9.47 Å². The minimum atomic E-state index is 0.977. The van der Waals surface area contributed by atoms with Crippen molar-refractivity contribution in [1.82, 2.24) is 9.47 Å². The molecule has 0 radical (unpaired) electrons. The Hall–Kier alpha value is -1.44. The maximum Gasteiger partial charge on any atom is 0.0985 e. The van der Waals surface area contributed by atoms with E-state index in [1.54, 1.807) is 0 Å². The van der Waals surface area contributed by atoms with Crippen LogP contribution in [0.2, 0.25) is 0 Å². The molecular weight excluding hydrogens is 148 g/mol. The molecule has 0 aliphatic carbocycles. The van der Waals surface area contributed by atoms with E-state index in [9.17, 15) is 0 Å². The van der Waals surface area contributed by atoms with Crippen molar-refractivity contribution in [3.8, 4) is 0 Å². The summed E-state index contributed by atoms with van der Waals surface area (Å²) in [5, 5.41) is 0. The number of hydrogen-bond acceptors (Lipinski definition) is 1. The Morgan fingerprint density at radius 3 is 3.33 bits per heavy atom. The summed E-state index contributed by atoms with van der Waals surface area (Å²) in [5.74, 6) is 0. The number of rotatable bonds is 0. The van der Waals surface area contributed by atoms with Gasteiger partial charge >= 0.3 is 0 Å². The zero-order valence-electron chi connectivity index (χ0n) is 6.77. The van der Waals surface area contributed by atoms with Crippen molar-refractivity contribution in [2.24, 2.45) is 0 Å². The second-order valence-corrected chi connectivity index (χ2v) is 3.24. The van der Waals surface area contributed by atoms with Crippen molar-refractivity contribution in [2.45, 2.75) is 13.1 Å². The van der Waals surface area contributed by atoms with Gasteiger partial charge in [-0.2, -0.15) is 0 Å². The van der Waals surface area contributed by atoms with Crippen LogP contribution < -0.4 is 0 Å². The Bertz CT molecular complexity index is 371. The third kappa shape index (κ3) is 0.694. The summed E-state index contributed by atoms with van der Waals surface area (Å²) in [6.07, 6.45) is 9.83. The first kappa shape index (κ1) is 6.12. The standard InChI is InChI=1S/C10H10N2/c1-3-9-7-10-4-2-6-12(10)8-11(9)5-1/h1-3,5-7H,4,8H2. The van der Waals surface area contributed by atoms with Crippen LogP contribution in [0.1, 0.15) is 12.1 Å². The van der Waals surface area contributed by atoms with Crippen LogP contribution in [-0.2, 0) is 6.67 Å². The van der Waals surface area contributed by atoms with Crippen LogP contribution in [0.4, 0.5) is 0 Å². The molecule has 1 aromatic rings. The molecule has 0 saturated heterocycles. The number of nitrogens with zero attached hydrogens (tertiary/aromatic N) is 2. The van der Waals surface area contributed by atoms with E-state index in [4.69, 9.17) is 0 Å². The van der Waals surface area contributed by atoms with E-state index in [1.807, 2.05) is 0 Å². The smallest absolute Gasteiger partial charge is 0.0985 e. The van der Waals surface area contributed by atoms with Gasteiger partial charge in [0.15, 0.2) is 0 Å². The fraction of sp³-hybridized carbons (Fsp3) is 0.200. The average Bonchev–Trinajstić information content (AvgIpc) is 2.64. The molecule has 2 aliphatic rings. The SMILES string of the molecule is C1=CN2Cn3cccc3C=C2C1. The van der Waals surface area contributed by atoms with E-state index in [1.165, 1.54) is 11.4 Å². The highest BCUT2D eigenvalue weighted by Crippen LogP contribution is 2.26. The van der Waals surface area contributed by atoms with Crippen molar-refractivity contribution in [3.63, 3.8) is 0 Å². The summed E-state index contributed by atoms with van der Waals surface area (Å²) in [4.78, 5) is 2.28. The van der Waals surface area contributed by atoms with E-state index in [2.05, 4.69) is 46.1 Å². The van der Waals surface area contributed by atoms with Crippen LogP contribution in [0, 0.1) is 0 Å². The van der Waals surface area contributed by atoms with Gasteiger partial charge in [-0.15, -0.1) is 0 Å². The normalized spacial score (nSPS) is 19.0. The maximum absolute atomic E-state index is 2.28. The summed E-state index contributed by atoms with van der Waals surface area (Å²) in [7, 11) is 0. The molecule has 2 nitrogen and oxygen atoms in total. The molecule has 60 valence electrons. The second-order valence-electron chi connectivity index (χ2n) is 3.24. The molecule has 0 aromatic carbocycles. The molecular formula is C10H10N2. The van der Waals surface area contributed by atoms with Crippen molar-refractivity contribution < 1.29 is 0 Å². The highest BCUT2D eigenvalue weighted by molar-refractivity contribution is 5.52. The van der Waals surface area contributed by atoms with Gasteiger partial charge in [-0.25, -0.2) is 0 Å². The summed E-state index contributed by atoms with van der Waals surface area (Å²) < 4.78 is 2.25. The molecule has 3 heterocycles. The van der Waals surface area contributed by atoms with Crippen molar-refractivity contribution >= 4 is 6.08 Å². The molecule has 0 bridgehead atoms. The van der Waals surface area contributed by atoms with Crippen LogP contribution in [0.15, 0.2) is 36.3 Å². The highest BCUT2D eigenvalue weighted by Gasteiger charge is 2.16. The first-order valence-electron chi connectivity index (χ1n) is 4.22. The first-order chi connectivity index (χ1) is 5.93. The van der Waals surface area contributed by atoms with Gasteiger partial charge in [0.25, 0.3) is 0 Å². The van der Waals surface area contributed by atoms with Gasteiger partial charge in [-0.3, -0.25) is 0 Å². The predicted octanol–water partition coefficient (Wildman–Crippen LogP) is 2.02. The topological polar surface area (TPSA) is 8.17 Å². The lowest BCUT2D eigenvalue weighted by Crippen LogP contribution is -2.21. The average molecular weight is 158 g/mol. The fourth-order valence-electron chi connectivity index (χ4n) is 1.82. The lowest BCUT2D eigenvalue weighted by molar-refractivity contribution is 0.373. The molecule has 2 aliphatic heterocycles.